The molecule has 25 heavy (non-hydrogen) atoms. The van der Waals surface area contributed by atoms with Crippen molar-refractivity contribution >= 4 is 17.9 Å². The van der Waals surface area contributed by atoms with Crippen LogP contribution in [0, 0.1) is 5.41 Å². The Balaban J connectivity index is 1.48. The molecule has 2 aromatic rings. The second kappa shape index (κ2) is 5.98. The summed E-state index contributed by atoms with van der Waals surface area (Å²) in [6.07, 6.45) is 6.05. The van der Waals surface area contributed by atoms with Gasteiger partial charge in [0.1, 0.15) is 5.82 Å². The second-order valence-corrected chi connectivity index (χ2v) is 6.80. The maximum absolute atomic E-state index is 11.7. The lowest BCUT2D eigenvalue weighted by molar-refractivity contribution is 0.0519. The van der Waals surface area contributed by atoms with Crippen LogP contribution in [0.4, 0.5) is 5.82 Å². The van der Waals surface area contributed by atoms with Crippen molar-refractivity contribution in [3.63, 3.8) is 0 Å². The first-order chi connectivity index (χ1) is 12.1. The fourth-order valence-electron chi connectivity index (χ4n) is 3.25. The van der Waals surface area contributed by atoms with Crippen molar-refractivity contribution in [3.8, 4) is 0 Å². The molecule has 0 radical (unpaired) electrons. The largest absolute Gasteiger partial charge is 0.461 e. The Hall–Kier alpha value is -2.70. The Labute approximate surface area is 146 Å². The summed E-state index contributed by atoms with van der Waals surface area (Å²) in [5.41, 5.74) is 2.63. The van der Waals surface area contributed by atoms with Crippen molar-refractivity contribution in [1.82, 2.24) is 20.0 Å². The van der Waals surface area contributed by atoms with Gasteiger partial charge in [0, 0.05) is 18.5 Å². The van der Waals surface area contributed by atoms with Crippen molar-refractivity contribution in [3.05, 3.63) is 41.9 Å². The molecular weight excluding hydrogens is 318 g/mol. The first kappa shape index (κ1) is 15.8. The van der Waals surface area contributed by atoms with Crippen LogP contribution in [0.25, 0.3) is 6.08 Å². The summed E-state index contributed by atoms with van der Waals surface area (Å²) in [6.45, 7) is 8.65. The average molecular weight is 339 g/mol. The number of nitrogens with zero attached hydrogens (tertiary/aromatic N) is 5. The highest BCUT2D eigenvalue weighted by molar-refractivity contribution is 5.86. The third-order valence-corrected chi connectivity index (χ3v) is 4.88. The fourth-order valence-corrected chi connectivity index (χ4v) is 3.25. The first-order valence-corrected chi connectivity index (χ1v) is 8.57. The minimum absolute atomic E-state index is 0.210. The van der Waals surface area contributed by atoms with Crippen molar-refractivity contribution in [2.24, 2.45) is 5.41 Å². The third kappa shape index (κ3) is 3.01. The van der Waals surface area contributed by atoms with Gasteiger partial charge in [0.15, 0.2) is 5.69 Å². The van der Waals surface area contributed by atoms with E-state index >= 15 is 0 Å². The Morgan fingerprint density at radius 1 is 1.40 bits per heavy atom. The molecule has 2 aromatic heterocycles. The lowest BCUT2D eigenvalue weighted by Crippen LogP contribution is -2.48. The molecule has 1 saturated heterocycles. The average Bonchev–Trinajstić information content (AvgIpc) is 3.26. The van der Waals surface area contributed by atoms with Crippen LogP contribution in [0.2, 0.25) is 0 Å². The summed E-state index contributed by atoms with van der Waals surface area (Å²) in [5.74, 6) is 0.542. The molecule has 0 bridgehead atoms. The molecule has 0 amide bonds. The standard InChI is InChI=1S/C18H21N5O2/c1-3-14-13(9-23-10-15(20-21-23)17(24)25-4-2)5-6-16(19-14)22-11-18(12-22)7-8-18/h3,5-6,10H,1,4,7-9,11-12H2,2H3. The number of aromatic nitrogens is 4. The van der Waals surface area contributed by atoms with Gasteiger partial charge in [-0.3, -0.25) is 0 Å². The predicted molar refractivity (Wildman–Crippen MR) is 93.3 cm³/mol. The summed E-state index contributed by atoms with van der Waals surface area (Å²) in [5, 5.41) is 7.86. The molecule has 0 N–H and O–H groups in total. The van der Waals surface area contributed by atoms with Crippen molar-refractivity contribution in [1.29, 1.82) is 0 Å². The van der Waals surface area contributed by atoms with Crippen LogP contribution in [0.3, 0.4) is 0 Å². The second-order valence-electron chi connectivity index (χ2n) is 6.80. The van der Waals surface area contributed by atoms with E-state index in [0.29, 0.717) is 18.6 Å². The number of anilines is 1. The normalized spacial score (nSPS) is 17.2. The van der Waals surface area contributed by atoms with Gasteiger partial charge in [0.05, 0.1) is 25.0 Å². The van der Waals surface area contributed by atoms with Crippen LogP contribution in [0.1, 0.15) is 41.5 Å². The van der Waals surface area contributed by atoms with Gasteiger partial charge >= 0.3 is 5.97 Å². The van der Waals surface area contributed by atoms with E-state index in [1.165, 1.54) is 12.8 Å². The lowest BCUT2D eigenvalue weighted by Gasteiger charge is -2.41. The zero-order valence-electron chi connectivity index (χ0n) is 14.3. The predicted octanol–water partition coefficient (Wildman–Crippen LogP) is 2.14. The molecule has 0 aromatic carbocycles. The highest BCUT2D eigenvalue weighted by Gasteiger charge is 2.52. The van der Waals surface area contributed by atoms with Crippen LogP contribution in [-0.4, -0.2) is 45.6 Å². The van der Waals surface area contributed by atoms with Gasteiger partial charge in [-0.15, -0.1) is 5.10 Å². The first-order valence-electron chi connectivity index (χ1n) is 8.57. The monoisotopic (exact) mass is 339 g/mol. The zero-order valence-corrected chi connectivity index (χ0v) is 14.3. The molecule has 1 saturated carbocycles. The van der Waals surface area contributed by atoms with Gasteiger partial charge in [-0.1, -0.05) is 17.9 Å². The van der Waals surface area contributed by atoms with Crippen LogP contribution in [-0.2, 0) is 11.3 Å². The summed E-state index contributed by atoms with van der Waals surface area (Å²) >= 11 is 0. The molecule has 0 unspecified atom stereocenters. The van der Waals surface area contributed by atoms with E-state index in [-0.39, 0.29) is 5.69 Å². The summed E-state index contributed by atoms with van der Waals surface area (Å²) in [4.78, 5) is 18.7. The Kier molecular flexibility index (Phi) is 3.78. The summed E-state index contributed by atoms with van der Waals surface area (Å²) in [6, 6.07) is 4.09. The third-order valence-electron chi connectivity index (χ3n) is 4.88. The van der Waals surface area contributed by atoms with Gasteiger partial charge in [0.25, 0.3) is 0 Å². The maximum Gasteiger partial charge on any atom is 0.360 e. The number of pyridine rings is 1. The Bertz CT molecular complexity index is 817. The quantitative estimate of drug-likeness (QED) is 0.751. The smallest absolute Gasteiger partial charge is 0.360 e. The van der Waals surface area contributed by atoms with E-state index in [1.807, 2.05) is 12.1 Å². The molecule has 1 aliphatic heterocycles. The molecule has 2 aliphatic rings. The minimum Gasteiger partial charge on any atom is -0.461 e. The number of hydrogen-bond donors (Lipinski definition) is 0. The zero-order chi connectivity index (χ0) is 17.4. The highest BCUT2D eigenvalue weighted by atomic mass is 16.5. The maximum atomic E-state index is 11.7. The molecule has 130 valence electrons. The minimum atomic E-state index is -0.460. The molecule has 1 aliphatic carbocycles. The van der Waals surface area contributed by atoms with Crippen LogP contribution < -0.4 is 4.90 Å². The van der Waals surface area contributed by atoms with E-state index in [1.54, 1.807) is 23.9 Å². The number of carbonyl (C=O) groups is 1. The topological polar surface area (TPSA) is 73.1 Å². The molecule has 1 spiro atoms. The molecule has 3 heterocycles. The number of hydrogen-bond acceptors (Lipinski definition) is 6. The van der Waals surface area contributed by atoms with Crippen molar-refractivity contribution in [2.45, 2.75) is 26.3 Å². The van der Waals surface area contributed by atoms with Gasteiger partial charge in [-0.2, -0.15) is 0 Å². The molecule has 4 rings (SSSR count). The van der Waals surface area contributed by atoms with Crippen LogP contribution in [0.5, 0.6) is 0 Å². The van der Waals surface area contributed by atoms with Gasteiger partial charge in [0.2, 0.25) is 0 Å². The summed E-state index contributed by atoms with van der Waals surface area (Å²) in [7, 11) is 0. The van der Waals surface area contributed by atoms with Crippen LogP contribution in [0.15, 0.2) is 24.9 Å². The number of rotatable bonds is 6. The highest BCUT2D eigenvalue weighted by Crippen LogP contribution is 2.53. The Morgan fingerprint density at radius 2 is 2.20 bits per heavy atom. The molecule has 2 fully saturated rings. The summed E-state index contributed by atoms with van der Waals surface area (Å²) < 4.78 is 6.54. The van der Waals surface area contributed by atoms with E-state index in [0.717, 1.165) is 30.2 Å². The lowest BCUT2D eigenvalue weighted by atomic mass is 9.97. The van der Waals surface area contributed by atoms with Crippen LogP contribution >= 0.6 is 0 Å². The van der Waals surface area contributed by atoms with Gasteiger partial charge < -0.3 is 9.64 Å². The Morgan fingerprint density at radius 3 is 2.88 bits per heavy atom. The molecule has 7 nitrogen and oxygen atoms in total. The van der Waals surface area contributed by atoms with E-state index < -0.39 is 5.97 Å². The number of ether oxygens (including phenoxy) is 1. The van der Waals surface area contributed by atoms with Gasteiger partial charge in [-0.05, 0) is 37.5 Å². The SMILES string of the molecule is C=Cc1nc(N2CC3(CC3)C2)ccc1Cn1cc(C(=O)OCC)nn1. The van der Waals surface area contributed by atoms with E-state index in [2.05, 4.69) is 21.8 Å². The molecule has 0 atom stereocenters. The van der Waals surface area contributed by atoms with Crippen molar-refractivity contribution in [2.75, 3.05) is 24.6 Å². The number of carbonyl (C=O) groups excluding carboxylic acids is 1. The van der Waals surface area contributed by atoms with E-state index in [4.69, 9.17) is 9.72 Å². The molecule has 7 heteroatoms. The van der Waals surface area contributed by atoms with E-state index in [9.17, 15) is 4.79 Å². The fraction of sp³-hybridized carbons (Fsp3) is 0.444. The molecular formula is C18H21N5O2. The van der Waals surface area contributed by atoms with Gasteiger partial charge in [-0.25, -0.2) is 14.5 Å². The number of esters is 1. The van der Waals surface area contributed by atoms with Crippen molar-refractivity contribution < 1.29 is 9.53 Å².